The number of rotatable bonds is 9. The van der Waals surface area contributed by atoms with Crippen LogP contribution in [0.2, 0.25) is 0 Å². The minimum absolute atomic E-state index is 0.00455. The molecule has 3 aromatic rings. The molecule has 0 bridgehead atoms. The van der Waals surface area contributed by atoms with E-state index in [4.69, 9.17) is 23.2 Å². The molecule has 3 rings (SSSR count). The van der Waals surface area contributed by atoms with E-state index in [0.29, 0.717) is 22.6 Å². The van der Waals surface area contributed by atoms with E-state index in [-0.39, 0.29) is 36.3 Å². The zero-order valence-electron chi connectivity index (χ0n) is 18.6. The molecule has 1 atom stereocenters. The molecule has 0 aliphatic carbocycles. The van der Waals surface area contributed by atoms with Crippen LogP contribution in [0.15, 0.2) is 78.0 Å². The first-order valence-electron chi connectivity index (χ1n) is 10.4. The van der Waals surface area contributed by atoms with Crippen molar-refractivity contribution >= 4 is 50.9 Å². The lowest BCUT2D eigenvalue weighted by atomic mass is 10.0. The van der Waals surface area contributed by atoms with Crippen LogP contribution in [0.5, 0.6) is 0 Å². The minimum Gasteiger partial charge on any atom is -0.354 e. The number of pyridine rings is 1. The SMILES string of the molecule is O=C(NCCc1cccc(F)c1)[C@@H](c1cccnc1)N(C(=O)C(Cl)Cl)c1ccc(S(F)(F)(F)(F)F)cc1. The summed E-state index contributed by atoms with van der Waals surface area (Å²) in [7, 11) is -10.00. The Morgan fingerprint density at radius 2 is 1.65 bits per heavy atom. The van der Waals surface area contributed by atoms with Crippen molar-refractivity contribution in [3.8, 4) is 0 Å². The van der Waals surface area contributed by atoms with E-state index in [1.54, 1.807) is 6.07 Å². The highest BCUT2D eigenvalue weighted by molar-refractivity contribution is 8.45. The van der Waals surface area contributed by atoms with Gasteiger partial charge in [0.15, 0.2) is 4.84 Å². The van der Waals surface area contributed by atoms with Crippen molar-refractivity contribution in [2.24, 2.45) is 0 Å². The lowest BCUT2D eigenvalue weighted by Crippen LogP contribution is -2.46. The fourth-order valence-electron chi connectivity index (χ4n) is 3.45. The summed E-state index contributed by atoms with van der Waals surface area (Å²) in [5, 5.41) is 2.58. The fourth-order valence-corrected chi connectivity index (χ4v) is 4.31. The van der Waals surface area contributed by atoms with Crippen molar-refractivity contribution in [3.05, 3.63) is 90.0 Å². The maximum Gasteiger partial charge on any atom is 0.310 e. The van der Waals surface area contributed by atoms with E-state index in [1.165, 1.54) is 42.7 Å². The van der Waals surface area contributed by atoms with Crippen LogP contribution in [0.4, 0.5) is 29.5 Å². The Balaban J connectivity index is 1.99. The number of carbonyl (C=O) groups excluding carboxylic acids is 2. The van der Waals surface area contributed by atoms with Gasteiger partial charge in [-0.15, -0.1) is 0 Å². The quantitative estimate of drug-likeness (QED) is 0.215. The molecule has 0 aliphatic rings. The standard InChI is InChI=1S/C23H19Cl2F6N3O2S/c24-21(25)23(36)34(18-6-8-19(9-7-18)37(27,28,29,30)31)20(16-4-2-11-32-14-16)22(35)33-12-10-15-3-1-5-17(26)13-15/h1-9,11,13-14,20-21H,10,12H2,(H,33,35)/t20-/m1/s1. The molecular formula is C23H19Cl2F6N3O2S. The van der Waals surface area contributed by atoms with Gasteiger partial charge in [-0.05, 0) is 54.4 Å². The summed E-state index contributed by atoms with van der Waals surface area (Å²) in [5.74, 6) is -2.37. The van der Waals surface area contributed by atoms with Crippen molar-refractivity contribution in [1.82, 2.24) is 10.3 Å². The minimum atomic E-state index is -10.00. The molecule has 0 spiro atoms. The first-order chi connectivity index (χ1) is 17.1. The highest BCUT2D eigenvalue weighted by Crippen LogP contribution is 3.02. The molecule has 0 fully saturated rings. The molecule has 200 valence electrons. The van der Waals surface area contributed by atoms with E-state index in [2.05, 4.69) is 10.3 Å². The van der Waals surface area contributed by atoms with E-state index < -0.39 is 43.6 Å². The number of hydrogen-bond acceptors (Lipinski definition) is 3. The predicted octanol–water partition coefficient (Wildman–Crippen LogP) is 7.12. The van der Waals surface area contributed by atoms with Crippen LogP contribution in [0.3, 0.4) is 0 Å². The van der Waals surface area contributed by atoms with Gasteiger partial charge in [0.05, 0.1) is 0 Å². The molecule has 2 aromatic carbocycles. The van der Waals surface area contributed by atoms with Crippen LogP contribution < -0.4 is 10.2 Å². The van der Waals surface area contributed by atoms with Crippen molar-refractivity contribution < 1.29 is 33.4 Å². The second kappa shape index (κ2) is 10.1. The average Bonchev–Trinajstić information content (AvgIpc) is 2.81. The van der Waals surface area contributed by atoms with E-state index >= 15 is 0 Å². The van der Waals surface area contributed by atoms with Gasteiger partial charge in [0.1, 0.15) is 16.8 Å². The van der Waals surface area contributed by atoms with Gasteiger partial charge in [-0.2, -0.15) is 0 Å². The van der Waals surface area contributed by atoms with Gasteiger partial charge < -0.3 is 5.32 Å². The molecule has 5 nitrogen and oxygen atoms in total. The Labute approximate surface area is 218 Å². The van der Waals surface area contributed by atoms with Crippen molar-refractivity contribution in [1.29, 1.82) is 0 Å². The number of amides is 2. The lowest BCUT2D eigenvalue weighted by molar-refractivity contribution is -0.126. The van der Waals surface area contributed by atoms with Crippen LogP contribution in [-0.4, -0.2) is 28.2 Å². The van der Waals surface area contributed by atoms with Gasteiger partial charge in [0.25, 0.3) is 5.91 Å². The second-order valence-corrected chi connectivity index (χ2v) is 11.3. The third-order valence-corrected chi connectivity index (χ3v) is 6.63. The Bertz CT molecular complexity index is 1280. The van der Waals surface area contributed by atoms with Crippen molar-refractivity contribution in [2.45, 2.75) is 22.2 Å². The van der Waals surface area contributed by atoms with Crippen LogP contribution in [-0.2, 0) is 16.0 Å². The van der Waals surface area contributed by atoms with Crippen molar-refractivity contribution in [3.63, 3.8) is 0 Å². The third-order valence-electron chi connectivity index (χ3n) is 5.09. The number of benzene rings is 2. The van der Waals surface area contributed by atoms with Crippen LogP contribution >= 0.6 is 33.4 Å². The zero-order chi connectivity index (χ0) is 27.5. The Kier molecular flexibility index (Phi) is 7.79. The number of alkyl halides is 2. The molecule has 1 aromatic heterocycles. The maximum absolute atomic E-state index is 13.4. The molecule has 0 saturated heterocycles. The largest absolute Gasteiger partial charge is 0.354 e. The molecule has 37 heavy (non-hydrogen) atoms. The molecule has 1 N–H and O–H groups in total. The summed E-state index contributed by atoms with van der Waals surface area (Å²) >= 11 is 11.5. The number of anilines is 1. The molecule has 2 amide bonds. The molecular weight excluding hydrogens is 567 g/mol. The van der Waals surface area contributed by atoms with E-state index in [1.807, 2.05) is 0 Å². The number of aromatic nitrogens is 1. The van der Waals surface area contributed by atoms with Crippen LogP contribution in [0, 0.1) is 5.82 Å². The highest BCUT2D eigenvalue weighted by atomic mass is 35.5. The number of hydrogen-bond donors (Lipinski definition) is 1. The number of nitrogens with zero attached hydrogens (tertiary/aromatic N) is 2. The topological polar surface area (TPSA) is 62.3 Å². The summed E-state index contributed by atoms with van der Waals surface area (Å²) in [4.78, 5) is 26.9. The predicted molar refractivity (Wildman–Crippen MR) is 131 cm³/mol. The zero-order valence-corrected chi connectivity index (χ0v) is 21.0. The third kappa shape index (κ3) is 7.53. The molecule has 0 saturated carbocycles. The first kappa shape index (κ1) is 28.6. The molecule has 14 heteroatoms. The Morgan fingerprint density at radius 1 is 0.973 bits per heavy atom. The van der Waals surface area contributed by atoms with E-state index in [9.17, 15) is 33.4 Å². The average molecular weight is 586 g/mol. The number of halogens is 8. The van der Waals surface area contributed by atoms with Gasteiger partial charge >= 0.3 is 10.2 Å². The Morgan fingerprint density at radius 3 is 2.19 bits per heavy atom. The first-order valence-corrected chi connectivity index (χ1v) is 13.3. The summed E-state index contributed by atoms with van der Waals surface area (Å²) in [6, 6.07) is 8.42. The normalized spacial score (nSPS) is 14.4. The summed E-state index contributed by atoms with van der Waals surface area (Å²) in [6.07, 6.45) is 2.82. The van der Waals surface area contributed by atoms with Gasteiger partial charge in [-0.25, -0.2) is 4.39 Å². The van der Waals surface area contributed by atoms with E-state index in [0.717, 1.165) is 0 Å². The molecule has 0 unspecified atom stereocenters. The van der Waals surface area contributed by atoms with Crippen LogP contribution in [0.1, 0.15) is 17.2 Å². The summed E-state index contributed by atoms with van der Waals surface area (Å²) in [5.41, 5.74) is 0.347. The van der Waals surface area contributed by atoms with Crippen molar-refractivity contribution in [2.75, 3.05) is 11.4 Å². The molecule has 1 heterocycles. The number of nitrogens with one attached hydrogen (secondary N) is 1. The lowest BCUT2D eigenvalue weighted by Gasteiger charge is -2.40. The Hall–Kier alpha value is -2.96. The maximum atomic E-state index is 13.4. The second-order valence-electron chi connectivity index (χ2n) is 7.83. The van der Waals surface area contributed by atoms with Gasteiger partial charge in [-0.1, -0.05) is 60.8 Å². The summed E-state index contributed by atoms with van der Waals surface area (Å²) in [6.45, 7) is -0.00455. The monoisotopic (exact) mass is 585 g/mol. The van der Waals surface area contributed by atoms with Crippen LogP contribution in [0.25, 0.3) is 0 Å². The van der Waals surface area contributed by atoms with Gasteiger partial charge in [-0.3, -0.25) is 19.5 Å². The molecule has 0 radical (unpaired) electrons. The number of carbonyl (C=O) groups is 2. The smallest absolute Gasteiger partial charge is 0.310 e. The van der Waals surface area contributed by atoms with Gasteiger partial charge in [0, 0.05) is 30.2 Å². The van der Waals surface area contributed by atoms with Gasteiger partial charge in [0.2, 0.25) is 5.91 Å². The molecule has 0 aliphatic heterocycles. The fraction of sp³-hybridized carbons (Fsp3) is 0.174. The highest BCUT2D eigenvalue weighted by Gasteiger charge is 2.65. The summed E-state index contributed by atoms with van der Waals surface area (Å²) < 4.78 is 79.5.